The van der Waals surface area contributed by atoms with E-state index in [1.54, 1.807) is 0 Å². The van der Waals surface area contributed by atoms with Gasteiger partial charge in [0.25, 0.3) is 5.56 Å². The first kappa shape index (κ1) is 16.9. The van der Waals surface area contributed by atoms with Gasteiger partial charge >= 0.3 is 0 Å². The molecule has 1 aromatic heterocycles. The van der Waals surface area contributed by atoms with Crippen LogP contribution < -0.4 is 10.9 Å². The van der Waals surface area contributed by atoms with Gasteiger partial charge in [0.05, 0.1) is 6.33 Å². The highest BCUT2D eigenvalue weighted by atomic mass is 16.2. The molecule has 2 aromatic rings. The molecule has 0 atom stereocenters. The summed E-state index contributed by atoms with van der Waals surface area (Å²) in [5, 5.41) is 2.86. The summed E-state index contributed by atoms with van der Waals surface area (Å²) in [5.41, 5.74) is 2.46. The van der Waals surface area contributed by atoms with Gasteiger partial charge in [0, 0.05) is 17.4 Å². The van der Waals surface area contributed by atoms with Crippen LogP contribution in [0.4, 0.5) is 5.69 Å². The fourth-order valence-electron chi connectivity index (χ4n) is 2.37. The van der Waals surface area contributed by atoms with Crippen LogP contribution >= 0.6 is 0 Å². The number of anilines is 1. The van der Waals surface area contributed by atoms with Crippen LogP contribution in [0.3, 0.4) is 0 Å². The average molecular weight is 313 g/mol. The third-order valence-corrected chi connectivity index (χ3v) is 3.71. The standard InChI is InChI=1S/C18H23N3O2/c1-3-5-9-15-11-18(23)21(13-19-15)12-17(22)20-16-10-7-6-8-14(16)4-2/h6-8,10-11,13H,3-5,9,12H2,1-2H3,(H,20,22). The second-order valence-corrected chi connectivity index (χ2v) is 5.51. The molecule has 0 bridgehead atoms. The normalized spacial score (nSPS) is 10.5. The Labute approximate surface area is 136 Å². The fraction of sp³-hybridized carbons (Fsp3) is 0.389. The first-order chi connectivity index (χ1) is 11.1. The third kappa shape index (κ3) is 4.77. The molecule has 0 unspecified atom stereocenters. The number of unbranched alkanes of at least 4 members (excludes halogenated alkanes) is 1. The Hall–Kier alpha value is -2.43. The summed E-state index contributed by atoms with van der Waals surface area (Å²) in [4.78, 5) is 28.5. The van der Waals surface area contributed by atoms with Gasteiger partial charge in [-0.3, -0.25) is 14.2 Å². The number of benzene rings is 1. The van der Waals surface area contributed by atoms with Crippen LogP contribution in [0, 0.1) is 0 Å². The van der Waals surface area contributed by atoms with E-state index in [-0.39, 0.29) is 18.0 Å². The van der Waals surface area contributed by atoms with Crippen molar-refractivity contribution in [2.24, 2.45) is 0 Å². The molecule has 0 fully saturated rings. The second-order valence-electron chi connectivity index (χ2n) is 5.51. The highest BCUT2D eigenvalue weighted by Gasteiger charge is 2.08. The molecule has 0 saturated heterocycles. The number of para-hydroxylation sites is 1. The molecule has 0 saturated carbocycles. The van der Waals surface area contributed by atoms with Crippen molar-refractivity contribution >= 4 is 11.6 Å². The van der Waals surface area contributed by atoms with Crippen LogP contribution in [0.1, 0.15) is 37.9 Å². The minimum absolute atomic E-state index is 0.0298. The first-order valence-corrected chi connectivity index (χ1v) is 8.07. The molecule has 1 N–H and O–H groups in total. The Kier molecular flexibility index (Phi) is 6.09. The van der Waals surface area contributed by atoms with Crippen LogP contribution in [0.15, 0.2) is 41.5 Å². The maximum atomic E-state index is 12.2. The van der Waals surface area contributed by atoms with Gasteiger partial charge in [0.2, 0.25) is 5.91 Å². The van der Waals surface area contributed by atoms with Crippen LogP contribution in [0.2, 0.25) is 0 Å². The zero-order chi connectivity index (χ0) is 16.7. The molecule has 122 valence electrons. The summed E-state index contributed by atoms with van der Waals surface area (Å²) in [7, 11) is 0. The van der Waals surface area contributed by atoms with Crippen molar-refractivity contribution in [1.29, 1.82) is 0 Å². The third-order valence-electron chi connectivity index (χ3n) is 3.71. The summed E-state index contributed by atoms with van der Waals surface area (Å²) in [6.07, 6.45) is 5.15. The zero-order valence-corrected chi connectivity index (χ0v) is 13.7. The zero-order valence-electron chi connectivity index (χ0n) is 13.7. The summed E-state index contributed by atoms with van der Waals surface area (Å²) >= 11 is 0. The Bertz CT molecular complexity index is 722. The predicted molar refractivity (Wildman–Crippen MR) is 91.6 cm³/mol. The molecule has 0 aliphatic carbocycles. The lowest BCUT2D eigenvalue weighted by molar-refractivity contribution is -0.116. The minimum Gasteiger partial charge on any atom is -0.324 e. The summed E-state index contributed by atoms with van der Waals surface area (Å²) in [6.45, 7) is 4.10. The van der Waals surface area contributed by atoms with E-state index in [2.05, 4.69) is 17.2 Å². The lowest BCUT2D eigenvalue weighted by atomic mass is 10.1. The smallest absolute Gasteiger partial charge is 0.253 e. The van der Waals surface area contributed by atoms with Gasteiger partial charge in [0.15, 0.2) is 0 Å². The van der Waals surface area contributed by atoms with Gasteiger partial charge in [0.1, 0.15) is 6.54 Å². The Morgan fingerprint density at radius 3 is 2.74 bits per heavy atom. The van der Waals surface area contributed by atoms with Crippen molar-refractivity contribution in [3.63, 3.8) is 0 Å². The van der Waals surface area contributed by atoms with Gasteiger partial charge in [-0.15, -0.1) is 0 Å². The maximum absolute atomic E-state index is 12.2. The molecular formula is C18H23N3O2. The van der Waals surface area contributed by atoms with Crippen LogP contribution in [0.5, 0.6) is 0 Å². The van der Waals surface area contributed by atoms with E-state index in [0.29, 0.717) is 0 Å². The number of nitrogens with zero attached hydrogens (tertiary/aromatic N) is 2. The summed E-state index contributed by atoms with van der Waals surface area (Å²) in [5.74, 6) is -0.226. The largest absolute Gasteiger partial charge is 0.324 e. The molecule has 0 spiro atoms. The van der Waals surface area contributed by atoms with Crippen molar-refractivity contribution in [2.45, 2.75) is 46.1 Å². The monoisotopic (exact) mass is 313 g/mol. The van der Waals surface area contributed by atoms with E-state index in [1.807, 2.05) is 31.2 Å². The average Bonchev–Trinajstić information content (AvgIpc) is 2.55. The maximum Gasteiger partial charge on any atom is 0.253 e. The lowest BCUT2D eigenvalue weighted by Gasteiger charge is -2.10. The molecule has 2 rings (SSSR count). The van der Waals surface area contributed by atoms with E-state index in [0.717, 1.165) is 42.6 Å². The topological polar surface area (TPSA) is 64.0 Å². The van der Waals surface area contributed by atoms with Gasteiger partial charge in [-0.2, -0.15) is 0 Å². The van der Waals surface area contributed by atoms with Crippen LogP contribution in [0.25, 0.3) is 0 Å². The van der Waals surface area contributed by atoms with Gasteiger partial charge < -0.3 is 5.32 Å². The van der Waals surface area contributed by atoms with E-state index in [4.69, 9.17) is 0 Å². The number of aryl methyl sites for hydroxylation is 2. The molecule has 0 aliphatic heterocycles. The second kappa shape index (κ2) is 8.27. The number of hydrogen-bond donors (Lipinski definition) is 1. The molecule has 5 nitrogen and oxygen atoms in total. The quantitative estimate of drug-likeness (QED) is 0.855. The number of rotatable bonds is 7. The number of carbonyl (C=O) groups excluding carboxylic acids is 1. The predicted octanol–water partition coefficient (Wildman–Crippen LogP) is 2.79. The van der Waals surface area contributed by atoms with Crippen molar-refractivity contribution in [2.75, 3.05) is 5.32 Å². The SMILES string of the molecule is CCCCc1cc(=O)n(CC(=O)Nc2ccccc2CC)cn1. The van der Waals surface area contributed by atoms with E-state index < -0.39 is 0 Å². The molecule has 5 heteroatoms. The summed E-state index contributed by atoms with van der Waals surface area (Å²) < 4.78 is 1.33. The summed E-state index contributed by atoms with van der Waals surface area (Å²) in [6, 6.07) is 9.18. The molecule has 1 amide bonds. The molecule has 0 aliphatic rings. The van der Waals surface area contributed by atoms with Crippen molar-refractivity contribution in [1.82, 2.24) is 9.55 Å². The van der Waals surface area contributed by atoms with Crippen molar-refractivity contribution in [3.8, 4) is 0 Å². The Morgan fingerprint density at radius 2 is 2.04 bits per heavy atom. The highest BCUT2D eigenvalue weighted by molar-refractivity contribution is 5.91. The molecule has 0 radical (unpaired) electrons. The number of aromatic nitrogens is 2. The van der Waals surface area contributed by atoms with E-state index >= 15 is 0 Å². The minimum atomic E-state index is -0.226. The number of amides is 1. The van der Waals surface area contributed by atoms with Crippen LogP contribution in [-0.2, 0) is 24.2 Å². The molecule has 1 heterocycles. The van der Waals surface area contributed by atoms with Gasteiger partial charge in [-0.05, 0) is 30.9 Å². The number of nitrogens with one attached hydrogen (secondary N) is 1. The number of carbonyl (C=O) groups is 1. The number of hydrogen-bond acceptors (Lipinski definition) is 3. The lowest BCUT2D eigenvalue weighted by Crippen LogP contribution is -2.28. The highest BCUT2D eigenvalue weighted by Crippen LogP contribution is 2.15. The van der Waals surface area contributed by atoms with Gasteiger partial charge in [-0.1, -0.05) is 38.5 Å². The Balaban J connectivity index is 2.04. The van der Waals surface area contributed by atoms with E-state index in [9.17, 15) is 9.59 Å². The molecule has 1 aromatic carbocycles. The van der Waals surface area contributed by atoms with Crippen molar-refractivity contribution < 1.29 is 4.79 Å². The molecule has 23 heavy (non-hydrogen) atoms. The van der Waals surface area contributed by atoms with Crippen LogP contribution in [-0.4, -0.2) is 15.5 Å². The van der Waals surface area contributed by atoms with Gasteiger partial charge in [-0.25, -0.2) is 4.98 Å². The first-order valence-electron chi connectivity index (χ1n) is 8.07. The fourth-order valence-corrected chi connectivity index (χ4v) is 2.37. The molecular weight excluding hydrogens is 290 g/mol. The Morgan fingerprint density at radius 1 is 1.26 bits per heavy atom. The van der Waals surface area contributed by atoms with E-state index in [1.165, 1.54) is 17.0 Å². The van der Waals surface area contributed by atoms with Crippen molar-refractivity contribution in [3.05, 3.63) is 58.3 Å².